The molecule has 0 saturated heterocycles. The summed E-state index contributed by atoms with van der Waals surface area (Å²) in [4.78, 5) is 13.0. The fourth-order valence-electron chi connectivity index (χ4n) is 3.14. The van der Waals surface area contributed by atoms with E-state index in [1.165, 1.54) is 53.9 Å². The van der Waals surface area contributed by atoms with Gasteiger partial charge in [0.2, 0.25) is 0 Å². The van der Waals surface area contributed by atoms with Crippen molar-refractivity contribution in [3.63, 3.8) is 0 Å². The van der Waals surface area contributed by atoms with Crippen molar-refractivity contribution in [1.29, 1.82) is 0 Å². The van der Waals surface area contributed by atoms with Crippen LogP contribution in [-0.4, -0.2) is 33.7 Å². The molecule has 33 heavy (non-hydrogen) atoms. The van der Waals surface area contributed by atoms with Gasteiger partial charge in [-0.05, 0) is 61.5 Å². The first-order valence-corrected chi connectivity index (χ1v) is 12.2. The molecule has 3 aromatic rings. The van der Waals surface area contributed by atoms with E-state index in [1.807, 2.05) is 0 Å². The van der Waals surface area contributed by atoms with E-state index in [0.29, 0.717) is 22.3 Å². The summed E-state index contributed by atoms with van der Waals surface area (Å²) in [5, 5.41) is 2.65. The van der Waals surface area contributed by atoms with Crippen LogP contribution in [0.1, 0.15) is 17.3 Å². The molecule has 0 fully saturated rings. The van der Waals surface area contributed by atoms with Gasteiger partial charge >= 0.3 is 0 Å². The highest BCUT2D eigenvalue weighted by Crippen LogP contribution is 2.31. The first-order valence-electron chi connectivity index (χ1n) is 9.88. The normalized spacial score (nSPS) is 11.3. The molecule has 1 amide bonds. The van der Waals surface area contributed by atoms with E-state index in [-0.39, 0.29) is 28.4 Å². The monoisotopic (exact) mass is 492 g/mol. The molecule has 6 nitrogen and oxygen atoms in total. The molecule has 0 saturated carbocycles. The van der Waals surface area contributed by atoms with E-state index in [4.69, 9.17) is 4.74 Å². The van der Waals surface area contributed by atoms with Gasteiger partial charge in [-0.2, -0.15) is 8.78 Å². The maximum Gasteiger partial charge on any atom is 0.288 e. The molecule has 174 valence electrons. The molecule has 0 bridgehead atoms. The number of hydrogen-bond donors (Lipinski definition) is 1. The number of nitrogens with zero attached hydrogens (tertiary/aromatic N) is 1. The molecule has 3 aromatic carbocycles. The summed E-state index contributed by atoms with van der Waals surface area (Å²) in [5.41, 5.74) is 0.908. The van der Waals surface area contributed by atoms with Crippen LogP contribution in [0, 0.1) is 0 Å². The Kier molecular flexibility index (Phi) is 7.93. The van der Waals surface area contributed by atoms with Crippen LogP contribution in [0.3, 0.4) is 0 Å². The number of rotatable bonds is 9. The summed E-state index contributed by atoms with van der Waals surface area (Å²) >= 11 is 0.380. The van der Waals surface area contributed by atoms with Gasteiger partial charge in [-0.25, -0.2) is 8.42 Å². The lowest BCUT2D eigenvalue weighted by atomic mass is 10.2. The second-order valence-corrected chi connectivity index (χ2v) is 9.65. The molecule has 0 heterocycles. The molecule has 0 spiro atoms. The molecule has 1 N–H and O–H groups in total. The zero-order valence-corrected chi connectivity index (χ0v) is 19.5. The predicted molar refractivity (Wildman–Crippen MR) is 126 cm³/mol. The summed E-state index contributed by atoms with van der Waals surface area (Å²) in [5.74, 6) is -2.82. The number of halogens is 2. The van der Waals surface area contributed by atoms with Crippen LogP contribution in [0.5, 0.6) is 5.75 Å². The van der Waals surface area contributed by atoms with E-state index in [9.17, 15) is 22.0 Å². The van der Waals surface area contributed by atoms with Gasteiger partial charge < -0.3 is 10.1 Å². The summed E-state index contributed by atoms with van der Waals surface area (Å²) < 4.78 is 58.1. The third-order valence-corrected chi connectivity index (χ3v) is 7.30. The average molecular weight is 493 g/mol. The van der Waals surface area contributed by atoms with Crippen LogP contribution >= 0.6 is 11.8 Å². The standard InChI is InChI=1S/C23H22F2N2O4S2/c1-3-27(17-7-5-4-6-8-17)33(29,30)19-13-14-21(31-2)20(15-19)26-22(28)16-9-11-18(12-10-16)32-23(24)25/h4-15,23H,3H2,1-2H3,(H,26,28). The molecular formula is C23H22F2N2O4S2. The molecule has 0 aliphatic carbocycles. The number of alkyl halides is 2. The SMILES string of the molecule is CCN(c1ccccc1)S(=O)(=O)c1ccc(OC)c(NC(=O)c2ccc(SC(F)F)cc2)c1. The third kappa shape index (κ3) is 5.82. The van der Waals surface area contributed by atoms with Crippen LogP contribution < -0.4 is 14.4 Å². The number of ether oxygens (including phenoxy) is 1. The topological polar surface area (TPSA) is 75.7 Å². The lowest BCUT2D eigenvalue weighted by Gasteiger charge is -2.23. The van der Waals surface area contributed by atoms with Gasteiger partial charge in [0.1, 0.15) is 5.75 Å². The first kappa shape index (κ1) is 24.5. The van der Waals surface area contributed by atoms with Crippen molar-refractivity contribution in [2.24, 2.45) is 0 Å². The highest BCUT2D eigenvalue weighted by Gasteiger charge is 2.25. The molecule has 3 rings (SSSR count). The van der Waals surface area contributed by atoms with E-state index < -0.39 is 21.7 Å². The zero-order valence-electron chi connectivity index (χ0n) is 17.9. The Bertz CT molecular complexity index is 1200. The number of amides is 1. The number of anilines is 2. The van der Waals surface area contributed by atoms with Gasteiger partial charge in [0.25, 0.3) is 21.7 Å². The Balaban J connectivity index is 1.90. The Morgan fingerprint density at radius 1 is 1.06 bits per heavy atom. The maximum atomic E-state index is 13.3. The molecular weight excluding hydrogens is 470 g/mol. The number of sulfonamides is 1. The smallest absolute Gasteiger partial charge is 0.288 e. The van der Waals surface area contributed by atoms with Crippen LogP contribution in [0.15, 0.2) is 82.6 Å². The number of nitrogens with one attached hydrogen (secondary N) is 1. The van der Waals surface area contributed by atoms with Crippen molar-refractivity contribution in [3.8, 4) is 5.75 Å². The highest BCUT2D eigenvalue weighted by molar-refractivity contribution is 7.99. The van der Waals surface area contributed by atoms with E-state index in [1.54, 1.807) is 37.3 Å². The number of carbonyl (C=O) groups excluding carboxylic acids is 1. The summed E-state index contributed by atoms with van der Waals surface area (Å²) in [7, 11) is -2.52. The van der Waals surface area contributed by atoms with Crippen molar-refractivity contribution in [3.05, 3.63) is 78.4 Å². The van der Waals surface area contributed by atoms with Crippen LogP contribution in [-0.2, 0) is 10.0 Å². The van der Waals surface area contributed by atoms with Gasteiger partial charge in [0.15, 0.2) is 0 Å². The molecule has 0 unspecified atom stereocenters. The molecule has 10 heteroatoms. The quantitative estimate of drug-likeness (QED) is 0.401. The fraction of sp³-hybridized carbons (Fsp3) is 0.174. The zero-order chi connectivity index (χ0) is 24.0. The largest absolute Gasteiger partial charge is 0.495 e. The second-order valence-electron chi connectivity index (χ2n) is 6.72. The Morgan fingerprint density at radius 2 is 1.73 bits per heavy atom. The van der Waals surface area contributed by atoms with Gasteiger partial charge in [0.05, 0.1) is 23.4 Å². The van der Waals surface area contributed by atoms with Crippen LogP contribution in [0.25, 0.3) is 0 Å². The molecule has 0 aliphatic heterocycles. The molecule has 0 aromatic heterocycles. The van der Waals surface area contributed by atoms with Gasteiger partial charge in [-0.1, -0.05) is 30.0 Å². The highest BCUT2D eigenvalue weighted by atomic mass is 32.2. The Hall–Kier alpha value is -3.11. The lowest BCUT2D eigenvalue weighted by Crippen LogP contribution is -2.30. The number of methoxy groups -OCH3 is 1. The van der Waals surface area contributed by atoms with Crippen molar-refractivity contribution >= 4 is 39.1 Å². The Morgan fingerprint density at radius 3 is 2.30 bits per heavy atom. The number of thioether (sulfide) groups is 1. The maximum absolute atomic E-state index is 13.3. The second kappa shape index (κ2) is 10.7. The minimum Gasteiger partial charge on any atom is -0.495 e. The van der Waals surface area contributed by atoms with Gasteiger partial charge in [-0.15, -0.1) is 0 Å². The summed E-state index contributed by atoms with van der Waals surface area (Å²) in [6, 6.07) is 18.6. The fourth-order valence-corrected chi connectivity index (χ4v) is 5.14. The molecule has 0 radical (unpaired) electrons. The Labute approximate surface area is 195 Å². The van der Waals surface area contributed by atoms with Gasteiger partial charge in [-0.3, -0.25) is 9.10 Å². The van der Waals surface area contributed by atoms with Crippen molar-refractivity contribution < 1.29 is 26.7 Å². The van der Waals surface area contributed by atoms with Crippen molar-refractivity contribution in [2.45, 2.75) is 22.5 Å². The molecule has 0 atom stereocenters. The summed E-state index contributed by atoms with van der Waals surface area (Å²) in [6.07, 6.45) is 0. The number of benzene rings is 3. The predicted octanol–water partition coefficient (Wildman–Crippen LogP) is 5.48. The number of para-hydroxylation sites is 1. The lowest BCUT2D eigenvalue weighted by molar-refractivity contribution is 0.102. The minimum absolute atomic E-state index is 0.0204. The molecule has 0 aliphatic rings. The van der Waals surface area contributed by atoms with E-state index in [0.717, 1.165) is 0 Å². The van der Waals surface area contributed by atoms with Crippen molar-refractivity contribution in [1.82, 2.24) is 0 Å². The summed E-state index contributed by atoms with van der Waals surface area (Å²) in [6.45, 7) is 1.94. The first-order chi connectivity index (χ1) is 15.8. The van der Waals surface area contributed by atoms with Crippen molar-refractivity contribution in [2.75, 3.05) is 23.3 Å². The van der Waals surface area contributed by atoms with E-state index in [2.05, 4.69) is 5.32 Å². The van der Waals surface area contributed by atoms with Crippen LogP contribution in [0.2, 0.25) is 0 Å². The number of hydrogen-bond acceptors (Lipinski definition) is 5. The van der Waals surface area contributed by atoms with E-state index >= 15 is 0 Å². The third-order valence-electron chi connectivity index (χ3n) is 4.68. The average Bonchev–Trinajstić information content (AvgIpc) is 2.80. The van der Waals surface area contributed by atoms with Crippen LogP contribution in [0.4, 0.5) is 20.2 Å². The minimum atomic E-state index is -3.92. The number of carbonyl (C=O) groups is 1. The van der Waals surface area contributed by atoms with Gasteiger partial charge in [0, 0.05) is 17.0 Å².